The molecule has 4 heteroatoms. The van der Waals surface area contributed by atoms with Gasteiger partial charge in [-0.1, -0.05) is 148 Å². The van der Waals surface area contributed by atoms with E-state index in [9.17, 15) is 14.7 Å². The monoisotopic (exact) mass is 562 g/mol. The van der Waals surface area contributed by atoms with Crippen LogP contribution in [0.15, 0.2) is 12.2 Å². The van der Waals surface area contributed by atoms with Gasteiger partial charge in [-0.25, -0.2) is 0 Å². The van der Waals surface area contributed by atoms with Gasteiger partial charge in [0.1, 0.15) is 6.10 Å². The van der Waals surface area contributed by atoms with Crippen LogP contribution in [0.3, 0.4) is 0 Å². The normalized spacial score (nSPS) is 19.7. The molecule has 0 aliphatic heterocycles. The maximum Gasteiger partial charge on any atom is 0.316 e. The Morgan fingerprint density at radius 3 is 1.60 bits per heavy atom. The fraction of sp³-hybridized carbons (Fsp3) is 0.889. The van der Waals surface area contributed by atoms with E-state index in [4.69, 9.17) is 4.74 Å². The first-order chi connectivity index (χ1) is 19.3. The highest BCUT2D eigenvalue weighted by Crippen LogP contribution is 2.38. The first kappa shape index (κ1) is 36.7. The lowest BCUT2D eigenvalue weighted by atomic mass is 9.71. The summed E-state index contributed by atoms with van der Waals surface area (Å²) >= 11 is 0. The van der Waals surface area contributed by atoms with E-state index in [-0.39, 0.29) is 12.1 Å². The molecule has 1 rings (SSSR count). The molecule has 1 aliphatic rings. The second kappa shape index (κ2) is 23.3. The van der Waals surface area contributed by atoms with Crippen LogP contribution in [0.2, 0.25) is 0 Å². The number of aliphatic carboxylic acids is 1. The van der Waals surface area contributed by atoms with Crippen molar-refractivity contribution in [2.24, 2.45) is 17.3 Å². The third-order valence-corrected chi connectivity index (χ3v) is 9.01. The second-order valence-corrected chi connectivity index (χ2v) is 13.3. The lowest BCUT2D eigenvalue weighted by Gasteiger charge is -2.34. The number of hydrogen-bond acceptors (Lipinski definition) is 3. The summed E-state index contributed by atoms with van der Waals surface area (Å²) in [5.74, 6) is -1.19. The van der Waals surface area contributed by atoms with Crippen molar-refractivity contribution in [3.63, 3.8) is 0 Å². The van der Waals surface area contributed by atoms with Crippen molar-refractivity contribution < 1.29 is 19.4 Å². The van der Waals surface area contributed by atoms with E-state index in [0.29, 0.717) is 12.8 Å². The van der Waals surface area contributed by atoms with Gasteiger partial charge in [0.05, 0.1) is 11.3 Å². The first-order valence-corrected chi connectivity index (χ1v) is 17.4. The second-order valence-electron chi connectivity index (χ2n) is 13.3. The number of hydrogen-bond donors (Lipinski definition) is 1. The van der Waals surface area contributed by atoms with E-state index in [2.05, 4.69) is 20.8 Å². The van der Waals surface area contributed by atoms with Gasteiger partial charge in [0.2, 0.25) is 0 Å². The molecule has 0 aromatic carbocycles. The van der Waals surface area contributed by atoms with E-state index >= 15 is 0 Å². The summed E-state index contributed by atoms with van der Waals surface area (Å²) < 4.78 is 6.08. The van der Waals surface area contributed by atoms with Crippen LogP contribution >= 0.6 is 0 Å². The van der Waals surface area contributed by atoms with Crippen molar-refractivity contribution in [1.29, 1.82) is 0 Å². The molecule has 1 N–H and O–H groups in total. The Kier molecular flexibility index (Phi) is 21.3. The van der Waals surface area contributed by atoms with Gasteiger partial charge in [0.15, 0.2) is 0 Å². The van der Waals surface area contributed by atoms with Gasteiger partial charge in [0.25, 0.3) is 0 Å². The van der Waals surface area contributed by atoms with E-state index in [1.54, 1.807) is 13.0 Å². The quantitative estimate of drug-likeness (QED) is 0.0647. The van der Waals surface area contributed by atoms with Crippen molar-refractivity contribution >= 4 is 11.9 Å². The minimum Gasteiger partial charge on any atom is -0.481 e. The average Bonchev–Trinajstić information content (AvgIpc) is 2.92. The van der Waals surface area contributed by atoms with E-state index in [1.165, 1.54) is 116 Å². The number of allylic oxidation sites excluding steroid dienone is 1. The van der Waals surface area contributed by atoms with E-state index in [0.717, 1.165) is 31.6 Å². The molecule has 0 fully saturated rings. The first-order valence-electron chi connectivity index (χ1n) is 17.4. The highest BCUT2D eigenvalue weighted by Gasteiger charge is 2.46. The number of carboxylic acids is 1. The lowest BCUT2D eigenvalue weighted by molar-refractivity contribution is -0.168. The summed E-state index contributed by atoms with van der Waals surface area (Å²) in [5.41, 5.74) is -1.06. The van der Waals surface area contributed by atoms with E-state index in [1.807, 2.05) is 6.08 Å². The topological polar surface area (TPSA) is 63.6 Å². The molecular weight excluding hydrogens is 496 g/mol. The molecule has 234 valence electrons. The van der Waals surface area contributed by atoms with Crippen LogP contribution in [0, 0.1) is 17.3 Å². The van der Waals surface area contributed by atoms with Gasteiger partial charge < -0.3 is 9.84 Å². The average molecular weight is 563 g/mol. The summed E-state index contributed by atoms with van der Waals surface area (Å²) in [4.78, 5) is 25.1. The highest BCUT2D eigenvalue weighted by atomic mass is 16.5. The number of unbranched alkanes of at least 4 members (excludes halogenated alkanes) is 17. The van der Waals surface area contributed by atoms with Crippen molar-refractivity contribution in [2.45, 2.75) is 188 Å². The Labute approximate surface area is 248 Å². The number of rotatable bonds is 26. The molecule has 40 heavy (non-hydrogen) atoms. The molecule has 1 aliphatic carbocycles. The predicted molar refractivity (Wildman–Crippen MR) is 170 cm³/mol. The smallest absolute Gasteiger partial charge is 0.316 e. The molecule has 4 nitrogen and oxygen atoms in total. The molecule has 0 aromatic rings. The van der Waals surface area contributed by atoms with Crippen molar-refractivity contribution in [3.05, 3.63) is 12.2 Å². The lowest BCUT2D eigenvalue weighted by Crippen LogP contribution is -2.42. The maximum atomic E-state index is 13.3. The fourth-order valence-electron chi connectivity index (χ4n) is 6.16. The SMILES string of the molecule is CCCCCCCCCCCCCCCCCC(CCCCCCC(C)C)OC(=O)C1(C)C=CCCC1C(=O)O. The van der Waals surface area contributed by atoms with Crippen LogP contribution in [0.1, 0.15) is 182 Å². The zero-order chi connectivity index (χ0) is 29.5. The van der Waals surface area contributed by atoms with Crippen LogP contribution in [0.5, 0.6) is 0 Å². The Hall–Kier alpha value is -1.32. The summed E-state index contributed by atoms with van der Waals surface area (Å²) in [7, 11) is 0. The van der Waals surface area contributed by atoms with Gasteiger partial charge >= 0.3 is 11.9 Å². The van der Waals surface area contributed by atoms with Gasteiger partial charge in [0, 0.05) is 0 Å². The largest absolute Gasteiger partial charge is 0.481 e. The zero-order valence-corrected chi connectivity index (χ0v) is 27.0. The minimum atomic E-state index is -1.06. The third kappa shape index (κ3) is 16.8. The van der Waals surface area contributed by atoms with Crippen molar-refractivity contribution in [3.8, 4) is 0 Å². The van der Waals surface area contributed by atoms with E-state index < -0.39 is 17.3 Å². The van der Waals surface area contributed by atoms with Crippen molar-refractivity contribution in [1.82, 2.24) is 0 Å². The predicted octanol–water partition coefficient (Wildman–Crippen LogP) is 11.2. The number of carbonyl (C=O) groups is 2. The molecule has 0 bridgehead atoms. The highest BCUT2D eigenvalue weighted by molar-refractivity contribution is 5.86. The molecule has 0 saturated carbocycles. The van der Waals surface area contributed by atoms with Crippen molar-refractivity contribution in [2.75, 3.05) is 0 Å². The van der Waals surface area contributed by atoms with Gasteiger partial charge in [-0.15, -0.1) is 0 Å². The van der Waals surface area contributed by atoms with Crippen LogP contribution in [-0.4, -0.2) is 23.1 Å². The van der Waals surface area contributed by atoms with Crippen LogP contribution in [0.4, 0.5) is 0 Å². The van der Waals surface area contributed by atoms with Crippen LogP contribution < -0.4 is 0 Å². The Balaban J connectivity index is 2.33. The molecule has 0 heterocycles. The summed E-state index contributed by atoms with van der Waals surface area (Å²) in [5, 5.41) is 9.73. The third-order valence-electron chi connectivity index (χ3n) is 9.01. The van der Waals surface area contributed by atoms with Gasteiger partial charge in [-0.3, -0.25) is 9.59 Å². The van der Waals surface area contributed by atoms with Gasteiger partial charge in [-0.2, -0.15) is 0 Å². The molecule has 3 unspecified atom stereocenters. The number of ether oxygens (including phenoxy) is 1. The number of carboxylic acid groups (broad SMARTS) is 1. The Bertz CT molecular complexity index is 670. The maximum absolute atomic E-state index is 13.3. The van der Waals surface area contributed by atoms with Gasteiger partial charge in [-0.05, 0) is 51.4 Å². The summed E-state index contributed by atoms with van der Waals surface area (Å²) in [6.07, 6.45) is 32.8. The molecule has 3 atom stereocenters. The molecule has 0 aromatic heterocycles. The molecule has 0 spiro atoms. The molecule has 0 amide bonds. The van der Waals surface area contributed by atoms with Crippen LogP contribution in [-0.2, 0) is 14.3 Å². The zero-order valence-electron chi connectivity index (χ0n) is 27.0. The summed E-state index contributed by atoms with van der Waals surface area (Å²) in [6, 6.07) is 0. The molecule has 0 saturated heterocycles. The minimum absolute atomic E-state index is 0.0961. The number of esters is 1. The fourth-order valence-corrected chi connectivity index (χ4v) is 6.16. The van der Waals surface area contributed by atoms with Crippen LogP contribution in [0.25, 0.3) is 0 Å². The Morgan fingerprint density at radius 1 is 0.750 bits per heavy atom. The number of carbonyl (C=O) groups excluding carboxylic acids is 1. The standard InChI is InChI=1S/C36H66O4/c1-5-6-7-8-9-10-11-12-13-14-15-16-17-18-22-27-32(28-23-20-19-21-26-31(2)3)40-35(39)36(4)30-25-24-29-33(36)34(37)38/h25,30-33H,5-24,26-29H2,1-4H3,(H,37,38). The summed E-state index contributed by atoms with van der Waals surface area (Å²) in [6.45, 7) is 8.58. The Morgan fingerprint density at radius 2 is 1.18 bits per heavy atom. The molecule has 0 radical (unpaired) electrons. The molecular formula is C36H66O4.